The van der Waals surface area contributed by atoms with Crippen LogP contribution in [0.4, 0.5) is 21.6 Å². The molecule has 1 aromatic carbocycles. The number of hydrogen-bond donors (Lipinski definition) is 2. The minimum atomic E-state index is -0.423. The molecule has 4 nitrogen and oxygen atoms in total. The van der Waals surface area contributed by atoms with Crippen LogP contribution in [0.15, 0.2) is 29.0 Å². The Balaban J connectivity index is 2.35. The molecule has 2 aromatic rings. The first kappa shape index (κ1) is 12.1. The summed E-state index contributed by atoms with van der Waals surface area (Å²) in [5, 5.41) is 2.88. The van der Waals surface area contributed by atoms with E-state index in [9.17, 15) is 4.39 Å². The third-order valence-electron chi connectivity index (χ3n) is 2.02. The number of nitrogen functional groups attached to an aromatic ring is 1. The zero-order valence-corrected chi connectivity index (χ0v) is 10.8. The number of anilines is 3. The molecular formula is C10H7BrClFN4. The van der Waals surface area contributed by atoms with E-state index in [-0.39, 0.29) is 22.3 Å². The molecular weight excluding hydrogens is 310 g/mol. The van der Waals surface area contributed by atoms with Gasteiger partial charge in [0.2, 0.25) is 0 Å². The van der Waals surface area contributed by atoms with Gasteiger partial charge in [0.05, 0.1) is 5.69 Å². The van der Waals surface area contributed by atoms with Gasteiger partial charge in [-0.2, -0.15) is 0 Å². The van der Waals surface area contributed by atoms with E-state index in [0.717, 1.165) is 0 Å². The van der Waals surface area contributed by atoms with Crippen molar-refractivity contribution in [2.75, 3.05) is 11.1 Å². The molecule has 1 aromatic heterocycles. The molecule has 0 aliphatic heterocycles. The molecule has 0 aliphatic carbocycles. The standard InChI is InChI=1S/C10H7BrClFN4/c11-5-1-2-7(6(13)3-5)17-10-8(14)9(12)15-4-16-10/h1-4H,14H2,(H,15,16,17). The molecule has 0 radical (unpaired) electrons. The Morgan fingerprint density at radius 2 is 2.12 bits per heavy atom. The molecule has 0 spiro atoms. The van der Waals surface area contributed by atoms with Gasteiger partial charge in [0.15, 0.2) is 11.0 Å². The predicted molar refractivity (Wildman–Crippen MR) is 68.8 cm³/mol. The molecule has 0 atom stereocenters. The van der Waals surface area contributed by atoms with Gasteiger partial charge in [-0.1, -0.05) is 27.5 Å². The van der Waals surface area contributed by atoms with E-state index in [1.54, 1.807) is 12.1 Å². The van der Waals surface area contributed by atoms with Crippen LogP contribution in [0.5, 0.6) is 0 Å². The number of halogens is 3. The number of nitrogens with zero attached hydrogens (tertiary/aromatic N) is 2. The molecule has 0 saturated heterocycles. The van der Waals surface area contributed by atoms with Crippen molar-refractivity contribution < 1.29 is 4.39 Å². The first-order valence-corrected chi connectivity index (χ1v) is 5.73. The van der Waals surface area contributed by atoms with E-state index < -0.39 is 5.82 Å². The number of rotatable bonds is 2. The Bertz CT molecular complexity index is 564. The van der Waals surface area contributed by atoms with Crippen LogP contribution in [0, 0.1) is 5.82 Å². The van der Waals surface area contributed by atoms with Crippen molar-refractivity contribution in [2.24, 2.45) is 0 Å². The smallest absolute Gasteiger partial charge is 0.158 e. The van der Waals surface area contributed by atoms with Gasteiger partial charge in [0, 0.05) is 4.47 Å². The second-order valence-electron chi connectivity index (χ2n) is 3.18. The summed E-state index contributed by atoms with van der Waals surface area (Å²) in [4.78, 5) is 7.59. The second kappa shape index (κ2) is 4.85. The highest BCUT2D eigenvalue weighted by Crippen LogP contribution is 2.27. The van der Waals surface area contributed by atoms with E-state index in [1.165, 1.54) is 12.4 Å². The number of aromatic nitrogens is 2. The quantitative estimate of drug-likeness (QED) is 0.834. The summed E-state index contributed by atoms with van der Waals surface area (Å²) in [5.41, 5.74) is 6.10. The van der Waals surface area contributed by atoms with Gasteiger partial charge in [-0.05, 0) is 18.2 Å². The number of benzene rings is 1. The second-order valence-corrected chi connectivity index (χ2v) is 4.45. The van der Waals surface area contributed by atoms with Gasteiger partial charge in [0.25, 0.3) is 0 Å². The lowest BCUT2D eigenvalue weighted by Crippen LogP contribution is -2.02. The lowest BCUT2D eigenvalue weighted by atomic mass is 10.3. The lowest BCUT2D eigenvalue weighted by Gasteiger charge is -2.09. The van der Waals surface area contributed by atoms with Crippen LogP contribution >= 0.6 is 27.5 Å². The molecule has 3 N–H and O–H groups in total. The maximum atomic E-state index is 13.6. The first-order chi connectivity index (χ1) is 8.08. The zero-order valence-electron chi connectivity index (χ0n) is 8.42. The molecule has 0 bridgehead atoms. The van der Waals surface area contributed by atoms with Crippen molar-refractivity contribution in [1.29, 1.82) is 0 Å². The van der Waals surface area contributed by atoms with Crippen LogP contribution in [0.1, 0.15) is 0 Å². The topological polar surface area (TPSA) is 63.8 Å². The lowest BCUT2D eigenvalue weighted by molar-refractivity contribution is 0.631. The van der Waals surface area contributed by atoms with Crippen LogP contribution < -0.4 is 11.1 Å². The van der Waals surface area contributed by atoms with E-state index in [4.69, 9.17) is 17.3 Å². The van der Waals surface area contributed by atoms with Crippen LogP contribution in [0.25, 0.3) is 0 Å². The van der Waals surface area contributed by atoms with Crippen LogP contribution in [-0.4, -0.2) is 9.97 Å². The van der Waals surface area contributed by atoms with Gasteiger partial charge in [-0.25, -0.2) is 14.4 Å². The molecule has 0 unspecified atom stereocenters. The minimum Gasteiger partial charge on any atom is -0.393 e. The summed E-state index contributed by atoms with van der Waals surface area (Å²) >= 11 is 8.90. The molecule has 17 heavy (non-hydrogen) atoms. The van der Waals surface area contributed by atoms with Gasteiger partial charge in [-0.15, -0.1) is 0 Å². The van der Waals surface area contributed by atoms with E-state index >= 15 is 0 Å². The van der Waals surface area contributed by atoms with Crippen LogP contribution in [-0.2, 0) is 0 Å². The SMILES string of the molecule is Nc1c(Cl)ncnc1Nc1ccc(Br)cc1F. The van der Waals surface area contributed by atoms with Crippen molar-refractivity contribution in [1.82, 2.24) is 9.97 Å². The highest BCUT2D eigenvalue weighted by molar-refractivity contribution is 9.10. The predicted octanol–water partition coefficient (Wildman–Crippen LogP) is 3.36. The van der Waals surface area contributed by atoms with Crippen molar-refractivity contribution in [3.05, 3.63) is 40.0 Å². The molecule has 0 aliphatic rings. The Labute approximate surface area is 110 Å². The molecule has 0 fully saturated rings. The Kier molecular flexibility index (Phi) is 3.44. The highest BCUT2D eigenvalue weighted by Gasteiger charge is 2.09. The third kappa shape index (κ3) is 2.65. The fraction of sp³-hybridized carbons (Fsp3) is 0. The summed E-state index contributed by atoms with van der Waals surface area (Å²) in [6.45, 7) is 0. The average Bonchev–Trinajstić information content (AvgIpc) is 2.28. The largest absolute Gasteiger partial charge is 0.393 e. The van der Waals surface area contributed by atoms with Crippen molar-refractivity contribution in [3.63, 3.8) is 0 Å². The summed E-state index contributed by atoms with van der Waals surface area (Å²) < 4.78 is 14.2. The first-order valence-electron chi connectivity index (χ1n) is 4.56. The highest BCUT2D eigenvalue weighted by atomic mass is 79.9. The summed E-state index contributed by atoms with van der Waals surface area (Å²) in [6, 6.07) is 4.60. The average molecular weight is 318 g/mol. The summed E-state index contributed by atoms with van der Waals surface area (Å²) in [7, 11) is 0. The number of nitrogens with two attached hydrogens (primary N) is 1. The van der Waals surface area contributed by atoms with E-state index in [1.807, 2.05) is 0 Å². The molecule has 7 heteroatoms. The van der Waals surface area contributed by atoms with Crippen molar-refractivity contribution >= 4 is 44.7 Å². The van der Waals surface area contributed by atoms with Crippen molar-refractivity contribution in [2.45, 2.75) is 0 Å². The molecule has 1 heterocycles. The van der Waals surface area contributed by atoms with Gasteiger partial charge >= 0.3 is 0 Å². The third-order valence-corrected chi connectivity index (χ3v) is 2.81. The van der Waals surface area contributed by atoms with Gasteiger partial charge in [0.1, 0.15) is 17.8 Å². The summed E-state index contributed by atoms with van der Waals surface area (Å²) in [5.74, 6) is -0.153. The fourth-order valence-electron chi connectivity index (χ4n) is 1.19. The Hall–Kier alpha value is -1.40. The summed E-state index contributed by atoms with van der Waals surface area (Å²) in [6.07, 6.45) is 1.25. The molecule has 0 saturated carbocycles. The van der Waals surface area contributed by atoms with Gasteiger partial charge < -0.3 is 11.1 Å². The minimum absolute atomic E-state index is 0.125. The Morgan fingerprint density at radius 3 is 2.82 bits per heavy atom. The van der Waals surface area contributed by atoms with Crippen molar-refractivity contribution in [3.8, 4) is 0 Å². The monoisotopic (exact) mass is 316 g/mol. The molecule has 88 valence electrons. The van der Waals surface area contributed by atoms with E-state index in [2.05, 4.69) is 31.2 Å². The normalized spacial score (nSPS) is 10.3. The maximum absolute atomic E-state index is 13.6. The fourth-order valence-corrected chi connectivity index (χ4v) is 1.66. The Morgan fingerprint density at radius 1 is 1.35 bits per heavy atom. The molecule has 0 amide bonds. The zero-order chi connectivity index (χ0) is 12.4. The van der Waals surface area contributed by atoms with Crippen LogP contribution in [0.3, 0.4) is 0 Å². The van der Waals surface area contributed by atoms with E-state index in [0.29, 0.717) is 4.47 Å². The number of hydrogen-bond acceptors (Lipinski definition) is 4. The molecule has 2 rings (SSSR count). The number of nitrogens with one attached hydrogen (secondary N) is 1. The maximum Gasteiger partial charge on any atom is 0.158 e. The van der Waals surface area contributed by atoms with Crippen LogP contribution in [0.2, 0.25) is 5.15 Å². The van der Waals surface area contributed by atoms with Gasteiger partial charge in [-0.3, -0.25) is 0 Å².